The molecule has 0 aliphatic heterocycles. The smallest absolute Gasteiger partial charge is 0.228 e. The largest absolute Gasteiger partial charge is 0.497 e. The van der Waals surface area contributed by atoms with Crippen LogP contribution in [0.4, 0.5) is 5.82 Å². The number of H-pyrrole nitrogens is 1. The summed E-state index contributed by atoms with van der Waals surface area (Å²) in [4.78, 5) is 12.3. The van der Waals surface area contributed by atoms with Gasteiger partial charge >= 0.3 is 0 Å². The number of rotatable bonds is 5. The van der Waals surface area contributed by atoms with Crippen LogP contribution in [0.2, 0.25) is 0 Å². The lowest BCUT2D eigenvalue weighted by Gasteiger charge is -2.08. The number of fused-ring (bicyclic) bond motifs is 1. The van der Waals surface area contributed by atoms with E-state index in [1.807, 2.05) is 18.2 Å². The lowest BCUT2D eigenvalue weighted by atomic mass is 10.1. The summed E-state index contributed by atoms with van der Waals surface area (Å²) in [7, 11) is 1.68. The van der Waals surface area contributed by atoms with Gasteiger partial charge in [-0.25, -0.2) is 0 Å². The van der Waals surface area contributed by atoms with Crippen molar-refractivity contribution in [2.24, 2.45) is 5.92 Å². The van der Waals surface area contributed by atoms with Crippen LogP contribution in [-0.2, 0) is 11.3 Å². The number of aromatic amines is 1. The van der Waals surface area contributed by atoms with Crippen LogP contribution in [0.1, 0.15) is 32.6 Å². The Morgan fingerprint density at radius 1 is 1.31 bits per heavy atom. The predicted molar refractivity (Wildman–Crippen MR) is 102 cm³/mol. The summed E-state index contributed by atoms with van der Waals surface area (Å²) in [5.74, 6) is 1.64. The fourth-order valence-electron chi connectivity index (χ4n) is 3.86. The molecule has 1 saturated carbocycles. The van der Waals surface area contributed by atoms with Gasteiger partial charge in [0.15, 0.2) is 5.82 Å². The van der Waals surface area contributed by atoms with E-state index in [-0.39, 0.29) is 11.8 Å². The third kappa shape index (κ3) is 2.96. The van der Waals surface area contributed by atoms with E-state index in [1.165, 1.54) is 0 Å². The zero-order valence-electron chi connectivity index (χ0n) is 15.2. The van der Waals surface area contributed by atoms with Gasteiger partial charge in [-0.1, -0.05) is 12.8 Å². The SMILES string of the molecule is CCn1c(-c2cc(NC(=O)C3CCCC3)n[nH]2)cc2ccc(OC)cc21. The van der Waals surface area contributed by atoms with E-state index in [9.17, 15) is 4.79 Å². The number of ether oxygens (including phenoxy) is 1. The Kier molecular flexibility index (Phi) is 4.41. The van der Waals surface area contributed by atoms with Crippen molar-refractivity contribution in [3.8, 4) is 17.1 Å². The number of carbonyl (C=O) groups is 1. The van der Waals surface area contributed by atoms with Crippen LogP contribution in [0.3, 0.4) is 0 Å². The van der Waals surface area contributed by atoms with Crippen molar-refractivity contribution in [2.75, 3.05) is 12.4 Å². The second kappa shape index (κ2) is 6.86. The first kappa shape index (κ1) is 16.7. The first-order valence-corrected chi connectivity index (χ1v) is 9.23. The van der Waals surface area contributed by atoms with Gasteiger partial charge in [-0.2, -0.15) is 5.10 Å². The van der Waals surface area contributed by atoms with E-state index in [2.05, 4.69) is 39.1 Å². The number of hydrogen-bond donors (Lipinski definition) is 2. The molecular weight excluding hydrogens is 328 g/mol. The van der Waals surface area contributed by atoms with E-state index in [1.54, 1.807) is 7.11 Å². The van der Waals surface area contributed by atoms with Gasteiger partial charge < -0.3 is 14.6 Å². The minimum absolute atomic E-state index is 0.0846. The molecule has 6 heteroatoms. The van der Waals surface area contributed by atoms with E-state index < -0.39 is 0 Å². The number of benzene rings is 1. The average Bonchev–Trinajstić information content (AvgIpc) is 3.39. The summed E-state index contributed by atoms with van der Waals surface area (Å²) in [5.41, 5.74) is 3.06. The van der Waals surface area contributed by atoms with Crippen LogP contribution in [0.15, 0.2) is 30.3 Å². The number of hydrogen-bond acceptors (Lipinski definition) is 3. The van der Waals surface area contributed by atoms with Gasteiger partial charge in [0, 0.05) is 30.0 Å². The lowest BCUT2D eigenvalue weighted by Crippen LogP contribution is -2.20. The minimum atomic E-state index is 0.0846. The Balaban J connectivity index is 1.63. The Bertz CT molecular complexity index is 935. The number of anilines is 1. The second-order valence-corrected chi connectivity index (χ2v) is 6.84. The van der Waals surface area contributed by atoms with Crippen molar-refractivity contribution >= 4 is 22.6 Å². The molecule has 3 aromatic rings. The van der Waals surface area contributed by atoms with Gasteiger partial charge in [-0.3, -0.25) is 9.89 Å². The molecule has 2 aromatic heterocycles. The highest BCUT2D eigenvalue weighted by molar-refractivity contribution is 5.93. The van der Waals surface area contributed by atoms with Gasteiger partial charge in [0.25, 0.3) is 0 Å². The number of aryl methyl sites for hydroxylation is 1. The van der Waals surface area contributed by atoms with Crippen LogP contribution >= 0.6 is 0 Å². The highest BCUT2D eigenvalue weighted by atomic mass is 16.5. The molecule has 1 fully saturated rings. The molecule has 26 heavy (non-hydrogen) atoms. The highest BCUT2D eigenvalue weighted by Crippen LogP contribution is 2.31. The van der Waals surface area contributed by atoms with Gasteiger partial charge in [-0.15, -0.1) is 0 Å². The quantitative estimate of drug-likeness (QED) is 0.723. The molecule has 4 rings (SSSR count). The summed E-state index contributed by atoms with van der Waals surface area (Å²) in [5, 5.41) is 11.5. The number of carbonyl (C=O) groups excluding carboxylic acids is 1. The molecule has 1 amide bonds. The Morgan fingerprint density at radius 2 is 2.12 bits per heavy atom. The fraction of sp³-hybridized carbons (Fsp3) is 0.400. The molecule has 2 N–H and O–H groups in total. The van der Waals surface area contributed by atoms with Crippen molar-refractivity contribution in [1.82, 2.24) is 14.8 Å². The third-order valence-corrected chi connectivity index (χ3v) is 5.26. The average molecular weight is 352 g/mol. The molecule has 2 heterocycles. The van der Waals surface area contributed by atoms with Crippen molar-refractivity contribution in [1.29, 1.82) is 0 Å². The fourth-order valence-corrected chi connectivity index (χ4v) is 3.86. The zero-order chi connectivity index (χ0) is 18.1. The van der Waals surface area contributed by atoms with Crippen molar-refractivity contribution < 1.29 is 9.53 Å². The Labute approximate surface area is 152 Å². The van der Waals surface area contributed by atoms with Crippen LogP contribution in [0, 0.1) is 5.92 Å². The maximum Gasteiger partial charge on any atom is 0.228 e. The summed E-state index contributed by atoms with van der Waals surface area (Å²) in [6.07, 6.45) is 4.25. The number of methoxy groups -OCH3 is 1. The Hall–Kier alpha value is -2.76. The molecule has 1 aliphatic carbocycles. The molecule has 6 nitrogen and oxygen atoms in total. The molecule has 0 saturated heterocycles. The molecule has 0 bridgehead atoms. The van der Waals surface area contributed by atoms with Crippen molar-refractivity contribution in [3.05, 3.63) is 30.3 Å². The number of aromatic nitrogens is 3. The normalized spacial score (nSPS) is 14.8. The zero-order valence-corrected chi connectivity index (χ0v) is 15.2. The topological polar surface area (TPSA) is 71.9 Å². The molecular formula is C20H24N4O2. The number of amides is 1. The summed E-state index contributed by atoms with van der Waals surface area (Å²) in [6, 6.07) is 10.1. The highest BCUT2D eigenvalue weighted by Gasteiger charge is 2.23. The summed E-state index contributed by atoms with van der Waals surface area (Å²) >= 11 is 0. The number of nitrogens with one attached hydrogen (secondary N) is 2. The first-order valence-electron chi connectivity index (χ1n) is 9.23. The van der Waals surface area contributed by atoms with Crippen LogP contribution < -0.4 is 10.1 Å². The molecule has 1 aliphatic rings. The van der Waals surface area contributed by atoms with Gasteiger partial charge in [0.05, 0.1) is 24.0 Å². The summed E-state index contributed by atoms with van der Waals surface area (Å²) < 4.78 is 7.57. The minimum Gasteiger partial charge on any atom is -0.497 e. The maximum atomic E-state index is 12.3. The van der Waals surface area contributed by atoms with Crippen LogP contribution in [-0.4, -0.2) is 27.8 Å². The standard InChI is InChI=1S/C20H24N4O2/c1-3-24-17-11-15(26-2)9-8-14(17)10-18(24)16-12-19(23-22-16)21-20(25)13-6-4-5-7-13/h8-13H,3-7H2,1-2H3,(H2,21,22,23,25). The molecule has 0 unspecified atom stereocenters. The monoisotopic (exact) mass is 352 g/mol. The van der Waals surface area contributed by atoms with E-state index in [0.717, 1.165) is 60.3 Å². The van der Waals surface area contributed by atoms with Crippen molar-refractivity contribution in [3.63, 3.8) is 0 Å². The molecule has 0 atom stereocenters. The molecule has 1 aromatic carbocycles. The van der Waals surface area contributed by atoms with Crippen LogP contribution in [0.5, 0.6) is 5.75 Å². The molecule has 136 valence electrons. The lowest BCUT2D eigenvalue weighted by molar-refractivity contribution is -0.119. The second-order valence-electron chi connectivity index (χ2n) is 6.84. The first-order chi connectivity index (χ1) is 12.7. The van der Waals surface area contributed by atoms with Gasteiger partial charge in [0.2, 0.25) is 5.91 Å². The summed E-state index contributed by atoms with van der Waals surface area (Å²) in [6.45, 7) is 2.94. The van der Waals surface area contributed by atoms with Gasteiger partial charge in [0.1, 0.15) is 5.75 Å². The third-order valence-electron chi connectivity index (χ3n) is 5.26. The molecule has 0 radical (unpaired) electrons. The van der Waals surface area contributed by atoms with Crippen molar-refractivity contribution in [2.45, 2.75) is 39.2 Å². The number of nitrogens with zero attached hydrogens (tertiary/aromatic N) is 2. The van der Waals surface area contributed by atoms with E-state index >= 15 is 0 Å². The maximum absolute atomic E-state index is 12.3. The van der Waals surface area contributed by atoms with Gasteiger partial charge in [-0.05, 0) is 38.0 Å². The van der Waals surface area contributed by atoms with E-state index in [4.69, 9.17) is 4.74 Å². The van der Waals surface area contributed by atoms with E-state index in [0.29, 0.717) is 5.82 Å². The Morgan fingerprint density at radius 3 is 2.85 bits per heavy atom. The van der Waals surface area contributed by atoms with Crippen LogP contribution in [0.25, 0.3) is 22.3 Å². The molecule has 0 spiro atoms. The predicted octanol–water partition coefficient (Wildman–Crippen LogP) is 4.19.